The van der Waals surface area contributed by atoms with E-state index in [0.717, 1.165) is 11.3 Å². The van der Waals surface area contributed by atoms with Gasteiger partial charge in [-0.25, -0.2) is 0 Å². The summed E-state index contributed by atoms with van der Waals surface area (Å²) in [5, 5.41) is 2.46. The van der Waals surface area contributed by atoms with Crippen LogP contribution in [0.25, 0.3) is 0 Å². The molecular weight excluding hydrogens is 514 g/mol. The van der Waals surface area contributed by atoms with Gasteiger partial charge in [-0.3, -0.25) is 25.8 Å². The van der Waals surface area contributed by atoms with Crippen LogP contribution in [0.15, 0.2) is 109 Å². The second-order valence-electron chi connectivity index (χ2n) is 8.17. The van der Waals surface area contributed by atoms with Gasteiger partial charge in [0.1, 0.15) is 37.1 Å². The fraction of sp³-hybridized carbons (Fsp3) is 0.100. The molecule has 198 valence electrons. The third-order valence-electron chi connectivity index (χ3n) is 5.35. The molecule has 0 aromatic heterocycles. The van der Waals surface area contributed by atoms with Crippen molar-refractivity contribution in [1.29, 1.82) is 0 Å². The number of para-hydroxylation sites is 2. The summed E-state index contributed by atoms with van der Waals surface area (Å²) >= 11 is 5.17. The van der Waals surface area contributed by atoms with E-state index in [1.54, 1.807) is 48.5 Å². The van der Waals surface area contributed by atoms with E-state index in [0.29, 0.717) is 42.4 Å². The highest BCUT2D eigenvalue weighted by molar-refractivity contribution is 7.80. The molecule has 0 aliphatic rings. The molecule has 8 nitrogen and oxygen atoms in total. The van der Waals surface area contributed by atoms with Crippen LogP contribution < -0.4 is 30.4 Å². The molecule has 0 fully saturated rings. The summed E-state index contributed by atoms with van der Waals surface area (Å²) < 4.78 is 17.1. The van der Waals surface area contributed by atoms with Gasteiger partial charge < -0.3 is 14.2 Å². The van der Waals surface area contributed by atoms with Gasteiger partial charge in [0, 0.05) is 5.56 Å². The molecule has 0 heterocycles. The molecule has 4 rings (SSSR count). The number of carbonyl (C=O) groups excluding carboxylic acids is 2. The molecular formula is C30H27N3O5S. The van der Waals surface area contributed by atoms with Crippen LogP contribution in [0.2, 0.25) is 0 Å². The summed E-state index contributed by atoms with van der Waals surface area (Å²) in [5.41, 5.74) is 6.67. The lowest BCUT2D eigenvalue weighted by atomic mass is 10.2. The Hall–Kier alpha value is -4.89. The van der Waals surface area contributed by atoms with E-state index in [4.69, 9.17) is 26.4 Å². The largest absolute Gasteiger partial charge is 0.490 e. The van der Waals surface area contributed by atoms with Crippen LogP contribution in [-0.4, -0.2) is 30.1 Å². The Bertz CT molecular complexity index is 1400. The second-order valence-corrected chi connectivity index (χ2v) is 8.58. The zero-order chi connectivity index (χ0) is 27.3. The van der Waals surface area contributed by atoms with Gasteiger partial charge in [0.15, 0.2) is 5.11 Å². The molecule has 3 N–H and O–H groups in total. The van der Waals surface area contributed by atoms with Crippen molar-refractivity contribution < 1.29 is 23.8 Å². The highest BCUT2D eigenvalue weighted by Gasteiger charge is 2.14. The van der Waals surface area contributed by atoms with E-state index in [9.17, 15) is 9.59 Å². The normalized spacial score (nSPS) is 10.2. The van der Waals surface area contributed by atoms with Crippen LogP contribution in [0.3, 0.4) is 0 Å². The van der Waals surface area contributed by atoms with Crippen molar-refractivity contribution in [1.82, 2.24) is 16.2 Å². The van der Waals surface area contributed by atoms with E-state index in [1.807, 2.05) is 60.7 Å². The summed E-state index contributed by atoms with van der Waals surface area (Å²) in [6.45, 7) is 0.979. The fourth-order valence-corrected chi connectivity index (χ4v) is 3.61. The van der Waals surface area contributed by atoms with Crippen molar-refractivity contribution in [2.45, 2.75) is 6.61 Å². The Morgan fingerprint density at radius 2 is 1.28 bits per heavy atom. The van der Waals surface area contributed by atoms with Crippen molar-refractivity contribution in [3.05, 3.63) is 126 Å². The zero-order valence-electron chi connectivity index (χ0n) is 21.0. The summed E-state index contributed by atoms with van der Waals surface area (Å²) in [6, 6.07) is 32.6. The lowest BCUT2D eigenvalue weighted by molar-refractivity contribution is 0.0930. The molecule has 0 aliphatic carbocycles. The molecule has 0 saturated heterocycles. The first-order valence-corrected chi connectivity index (χ1v) is 12.6. The molecule has 2 amide bonds. The summed E-state index contributed by atoms with van der Waals surface area (Å²) in [4.78, 5) is 25.4. The quantitative estimate of drug-likeness (QED) is 0.152. The topological polar surface area (TPSA) is 97.9 Å². The summed E-state index contributed by atoms with van der Waals surface area (Å²) in [6.07, 6.45) is 0. The van der Waals surface area contributed by atoms with Crippen molar-refractivity contribution in [3.8, 4) is 17.2 Å². The van der Waals surface area contributed by atoms with E-state index in [-0.39, 0.29) is 5.11 Å². The second kappa shape index (κ2) is 14.2. The van der Waals surface area contributed by atoms with E-state index in [2.05, 4.69) is 16.2 Å². The van der Waals surface area contributed by atoms with Gasteiger partial charge >= 0.3 is 0 Å². The van der Waals surface area contributed by atoms with Gasteiger partial charge in [0.2, 0.25) is 0 Å². The third-order valence-corrected chi connectivity index (χ3v) is 5.55. The molecule has 0 atom stereocenters. The van der Waals surface area contributed by atoms with Crippen LogP contribution in [0, 0.1) is 0 Å². The Morgan fingerprint density at radius 3 is 2.05 bits per heavy atom. The number of amides is 2. The molecule has 0 spiro atoms. The average Bonchev–Trinajstić information content (AvgIpc) is 2.98. The lowest BCUT2D eigenvalue weighted by Crippen LogP contribution is -2.48. The van der Waals surface area contributed by atoms with Gasteiger partial charge in [0.05, 0.1) is 5.56 Å². The van der Waals surface area contributed by atoms with Gasteiger partial charge in [-0.15, -0.1) is 0 Å². The number of hydrazine groups is 1. The van der Waals surface area contributed by atoms with Crippen LogP contribution in [0.4, 0.5) is 0 Å². The van der Waals surface area contributed by atoms with Crippen LogP contribution >= 0.6 is 12.2 Å². The first kappa shape index (κ1) is 27.2. The predicted octanol–water partition coefficient (Wildman–Crippen LogP) is 4.67. The average molecular weight is 542 g/mol. The molecule has 4 aromatic carbocycles. The SMILES string of the molecule is O=C(NC(=S)NNC(=O)c1ccccc1OCc1ccccc1)c1cccc(OCCOc2ccccc2)c1. The Balaban J connectivity index is 1.23. The van der Waals surface area contributed by atoms with Crippen molar-refractivity contribution in [2.75, 3.05) is 13.2 Å². The minimum atomic E-state index is -0.469. The van der Waals surface area contributed by atoms with Gasteiger partial charge in [0.25, 0.3) is 11.8 Å². The molecule has 9 heteroatoms. The van der Waals surface area contributed by atoms with E-state index < -0.39 is 11.8 Å². The maximum atomic E-state index is 12.7. The smallest absolute Gasteiger partial charge is 0.273 e. The van der Waals surface area contributed by atoms with Crippen LogP contribution in [-0.2, 0) is 6.61 Å². The zero-order valence-corrected chi connectivity index (χ0v) is 21.8. The molecule has 0 radical (unpaired) electrons. The maximum Gasteiger partial charge on any atom is 0.273 e. The van der Waals surface area contributed by atoms with Crippen molar-refractivity contribution in [2.24, 2.45) is 0 Å². The summed E-state index contributed by atoms with van der Waals surface area (Å²) in [7, 11) is 0. The number of carbonyl (C=O) groups is 2. The number of benzene rings is 4. The first-order chi connectivity index (χ1) is 19.1. The molecule has 0 unspecified atom stereocenters. The van der Waals surface area contributed by atoms with E-state index >= 15 is 0 Å². The minimum Gasteiger partial charge on any atom is -0.490 e. The van der Waals surface area contributed by atoms with Crippen molar-refractivity contribution in [3.63, 3.8) is 0 Å². The fourth-order valence-electron chi connectivity index (χ4n) is 3.47. The molecule has 0 bridgehead atoms. The Labute approximate surface area is 231 Å². The van der Waals surface area contributed by atoms with Gasteiger partial charge in [-0.1, -0.05) is 66.7 Å². The number of hydrogen-bond acceptors (Lipinski definition) is 6. The Morgan fingerprint density at radius 1 is 0.641 bits per heavy atom. The monoisotopic (exact) mass is 541 g/mol. The highest BCUT2D eigenvalue weighted by atomic mass is 32.1. The predicted molar refractivity (Wildman–Crippen MR) is 152 cm³/mol. The number of nitrogens with one attached hydrogen (secondary N) is 3. The minimum absolute atomic E-state index is 0.0707. The van der Waals surface area contributed by atoms with Crippen molar-refractivity contribution >= 4 is 29.1 Å². The number of rotatable bonds is 10. The molecule has 0 aliphatic heterocycles. The molecule has 0 saturated carbocycles. The van der Waals surface area contributed by atoms with Crippen LogP contribution in [0.5, 0.6) is 17.2 Å². The van der Waals surface area contributed by atoms with Gasteiger partial charge in [-0.2, -0.15) is 0 Å². The third kappa shape index (κ3) is 8.58. The highest BCUT2D eigenvalue weighted by Crippen LogP contribution is 2.19. The lowest BCUT2D eigenvalue weighted by Gasteiger charge is -2.14. The van der Waals surface area contributed by atoms with E-state index in [1.165, 1.54) is 0 Å². The molecule has 39 heavy (non-hydrogen) atoms. The number of hydrogen-bond donors (Lipinski definition) is 3. The standard InChI is InChI=1S/C30H27N3O5S/c34-28(23-12-9-15-25(20-23)37-19-18-36-24-13-5-2-6-14-24)31-30(39)33-32-29(35)26-16-7-8-17-27(26)38-21-22-10-3-1-4-11-22/h1-17,20H,18-19,21H2,(H,32,35)(H2,31,33,34,39). The number of ether oxygens (including phenoxy) is 3. The maximum absolute atomic E-state index is 12.7. The Kier molecular flexibility index (Phi) is 9.85. The molecule has 4 aromatic rings. The number of thiocarbonyl (C=S) groups is 1. The van der Waals surface area contributed by atoms with Crippen LogP contribution in [0.1, 0.15) is 26.3 Å². The first-order valence-electron chi connectivity index (χ1n) is 12.2. The van der Waals surface area contributed by atoms with Gasteiger partial charge in [-0.05, 0) is 60.2 Å². The summed E-state index contributed by atoms with van der Waals surface area (Å²) in [5.74, 6) is 0.758.